The molecule has 148 valence electrons. The van der Waals surface area contributed by atoms with E-state index in [2.05, 4.69) is 4.98 Å². The van der Waals surface area contributed by atoms with Gasteiger partial charge >= 0.3 is 5.82 Å². The van der Waals surface area contributed by atoms with Crippen molar-refractivity contribution in [1.29, 1.82) is 5.26 Å². The first kappa shape index (κ1) is 19.8. The second-order valence-corrected chi connectivity index (χ2v) is 6.30. The molecule has 1 aliphatic rings. The molecule has 2 aromatic rings. The lowest BCUT2D eigenvalue weighted by Crippen LogP contribution is -2.47. The van der Waals surface area contributed by atoms with Crippen molar-refractivity contribution in [3.63, 3.8) is 0 Å². The number of aromatic nitrogens is 1. The molecule has 0 spiro atoms. The largest absolute Gasteiger partial charge is 0.469 e. The van der Waals surface area contributed by atoms with Crippen molar-refractivity contribution in [2.24, 2.45) is 0 Å². The van der Waals surface area contributed by atoms with E-state index in [1.165, 1.54) is 24.1 Å². The summed E-state index contributed by atoms with van der Waals surface area (Å²) in [4.78, 5) is 42.4. The van der Waals surface area contributed by atoms with Crippen LogP contribution < -0.4 is 9.64 Å². The Morgan fingerprint density at radius 3 is 2.72 bits per heavy atom. The third-order valence-electron chi connectivity index (χ3n) is 4.38. The predicted octanol–water partition coefficient (Wildman–Crippen LogP) is 1.83. The summed E-state index contributed by atoms with van der Waals surface area (Å²) in [5, 5.41) is 19.8. The van der Waals surface area contributed by atoms with E-state index in [4.69, 9.17) is 10.00 Å². The van der Waals surface area contributed by atoms with Crippen molar-refractivity contribution in [3.05, 3.63) is 58.1 Å². The Labute approximate surface area is 166 Å². The van der Waals surface area contributed by atoms with Gasteiger partial charge in [0.2, 0.25) is 12.0 Å². The smallest absolute Gasteiger partial charge is 0.366 e. The number of pyridine rings is 1. The lowest BCUT2D eigenvalue weighted by molar-refractivity contribution is -0.389. The average Bonchev–Trinajstić information content (AvgIpc) is 2.73. The Morgan fingerprint density at radius 1 is 1.34 bits per heavy atom. The maximum absolute atomic E-state index is 13.1. The number of rotatable bonds is 6. The molecule has 0 fully saturated rings. The van der Waals surface area contributed by atoms with Crippen molar-refractivity contribution >= 4 is 23.5 Å². The zero-order chi connectivity index (χ0) is 21.0. The van der Waals surface area contributed by atoms with Crippen LogP contribution in [0.3, 0.4) is 0 Å². The van der Waals surface area contributed by atoms with Crippen molar-refractivity contribution < 1.29 is 19.2 Å². The molecule has 1 aromatic heterocycles. The van der Waals surface area contributed by atoms with Gasteiger partial charge in [-0.05, 0) is 16.0 Å². The van der Waals surface area contributed by atoms with Crippen LogP contribution in [0.5, 0.6) is 5.75 Å². The summed E-state index contributed by atoms with van der Waals surface area (Å²) in [6.07, 6.45) is -0.865. The van der Waals surface area contributed by atoms with Crippen LogP contribution in [0.1, 0.15) is 18.1 Å². The third kappa shape index (κ3) is 4.14. The number of anilines is 1. The van der Waals surface area contributed by atoms with Gasteiger partial charge < -0.3 is 19.8 Å². The molecule has 2 heterocycles. The van der Waals surface area contributed by atoms with E-state index in [9.17, 15) is 19.7 Å². The van der Waals surface area contributed by atoms with E-state index in [-0.39, 0.29) is 31.1 Å². The lowest BCUT2D eigenvalue weighted by Gasteiger charge is -2.31. The molecular weight excluding hydrogens is 378 g/mol. The predicted molar refractivity (Wildman–Crippen MR) is 101 cm³/mol. The Balaban J connectivity index is 1.98. The van der Waals surface area contributed by atoms with E-state index in [1.807, 2.05) is 6.07 Å². The first-order valence-electron chi connectivity index (χ1n) is 8.71. The van der Waals surface area contributed by atoms with Gasteiger partial charge in [-0.1, -0.05) is 30.3 Å². The number of ether oxygens (including phenoxy) is 1. The summed E-state index contributed by atoms with van der Waals surface area (Å²) in [6, 6.07) is 13.2. The normalized spacial score (nSPS) is 15.1. The Kier molecular flexibility index (Phi) is 5.69. The highest BCUT2D eigenvalue weighted by Crippen LogP contribution is 2.38. The van der Waals surface area contributed by atoms with Gasteiger partial charge in [0.15, 0.2) is 5.75 Å². The second kappa shape index (κ2) is 8.35. The molecule has 0 N–H and O–H groups in total. The summed E-state index contributed by atoms with van der Waals surface area (Å²) in [7, 11) is 1.51. The maximum Gasteiger partial charge on any atom is 0.366 e. The first-order chi connectivity index (χ1) is 13.9. The first-order valence-corrected chi connectivity index (χ1v) is 8.71. The quantitative estimate of drug-likeness (QED) is 0.539. The van der Waals surface area contributed by atoms with E-state index < -0.39 is 28.7 Å². The molecule has 10 heteroatoms. The number of benzene rings is 1. The van der Waals surface area contributed by atoms with Gasteiger partial charge in [-0.25, -0.2) is 0 Å². The van der Waals surface area contributed by atoms with Crippen LogP contribution in [0.4, 0.5) is 11.6 Å². The molecule has 10 nitrogen and oxygen atoms in total. The number of hydrogen-bond donors (Lipinski definition) is 0. The highest BCUT2D eigenvalue weighted by Gasteiger charge is 2.41. The maximum atomic E-state index is 13.1. The number of nitrogens with zero attached hydrogens (tertiary/aromatic N) is 5. The molecule has 0 radical (unpaired) electrons. The summed E-state index contributed by atoms with van der Waals surface area (Å²) in [5.41, 5.74) is 0.580. The molecule has 29 heavy (non-hydrogen) atoms. The number of nitro groups is 1. The molecule has 3 rings (SSSR count). The van der Waals surface area contributed by atoms with Crippen LogP contribution in [0.15, 0.2) is 42.5 Å². The SMILES string of the molecule is CN(CCC#N)C(=O)CN1C(=O)C(c2ccccc2)Oc2ccc([N+](=O)[O-])nc21. The minimum atomic E-state index is -1.01. The topological polar surface area (TPSA) is 130 Å². The molecular formula is C19H17N5O5. The number of hydrogen-bond acceptors (Lipinski definition) is 7. The number of likely N-dealkylation sites (N-methyl/N-ethyl adjacent to an activating group) is 1. The molecule has 1 aromatic carbocycles. The van der Waals surface area contributed by atoms with Crippen molar-refractivity contribution in [1.82, 2.24) is 9.88 Å². The van der Waals surface area contributed by atoms with Crippen LogP contribution in [-0.2, 0) is 9.59 Å². The number of carbonyl (C=O) groups is 2. The summed E-state index contributed by atoms with van der Waals surface area (Å²) < 4.78 is 5.76. The van der Waals surface area contributed by atoms with Crippen LogP contribution in [0.25, 0.3) is 0 Å². The molecule has 2 amide bonds. The van der Waals surface area contributed by atoms with E-state index >= 15 is 0 Å². The van der Waals surface area contributed by atoms with E-state index in [0.29, 0.717) is 5.56 Å². The molecule has 1 atom stereocenters. The lowest BCUT2D eigenvalue weighted by atomic mass is 10.1. The van der Waals surface area contributed by atoms with Gasteiger partial charge in [0.1, 0.15) is 6.54 Å². The third-order valence-corrected chi connectivity index (χ3v) is 4.38. The van der Waals surface area contributed by atoms with Crippen LogP contribution in [-0.4, -0.2) is 46.8 Å². The zero-order valence-corrected chi connectivity index (χ0v) is 15.5. The van der Waals surface area contributed by atoms with Gasteiger partial charge in [-0.15, -0.1) is 0 Å². The molecule has 1 unspecified atom stereocenters. The summed E-state index contributed by atoms with van der Waals surface area (Å²) >= 11 is 0. The van der Waals surface area contributed by atoms with Gasteiger partial charge in [0, 0.05) is 25.2 Å². The molecule has 1 aliphatic heterocycles. The van der Waals surface area contributed by atoms with Gasteiger partial charge in [0.25, 0.3) is 11.7 Å². The number of nitriles is 1. The van der Waals surface area contributed by atoms with Gasteiger partial charge in [-0.2, -0.15) is 5.26 Å². The fraction of sp³-hybridized carbons (Fsp3) is 0.263. The number of carbonyl (C=O) groups excluding carboxylic acids is 2. The zero-order valence-electron chi connectivity index (χ0n) is 15.5. The standard InChI is InChI=1S/C19H17N5O5/c1-22(11-5-10-20)16(25)12-23-18-14(8-9-15(21-18)24(27)28)29-17(19(23)26)13-6-3-2-4-7-13/h2-4,6-9,17H,5,11-12H2,1H3. The minimum absolute atomic E-state index is 0.0848. The highest BCUT2D eigenvalue weighted by molar-refractivity contribution is 6.03. The van der Waals surface area contributed by atoms with E-state index in [0.717, 1.165) is 4.90 Å². The summed E-state index contributed by atoms with van der Waals surface area (Å²) in [5.74, 6) is -1.37. The fourth-order valence-electron chi connectivity index (χ4n) is 2.83. The van der Waals surface area contributed by atoms with Crippen LogP contribution in [0.2, 0.25) is 0 Å². The number of fused-ring (bicyclic) bond motifs is 1. The molecule has 0 saturated heterocycles. The second-order valence-electron chi connectivity index (χ2n) is 6.30. The Hall–Kier alpha value is -4.00. The minimum Gasteiger partial charge on any atom is -0.469 e. The highest BCUT2D eigenvalue weighted by atomic mass is 16.6. The Bertz CT molecular complexity index is 988. The van der Waals surface area contributed by atoms with Crippen molar-refractivity contribution in [3.8, 4) is 11.8 Å². The van der Waals surface area contributed by atoms with Gasteiger partial charge in [-0.3, -0.25) is 14.5 Å². The van der Waals surface area contributed by atoms with Crippen molar-refractivity contribution in [2.75, 3.05) is 25.0 Å². The monoisotopic (exact) mass is 395 g/mol. The van der Waals surface area contributed by atoms with E-state index in [1.54, 1.807) is 30.3 Å². The number of amides is 2. The van der Waals surface area contributed by atoms with Crippen molar-refractivity contribution in [2.45, 2.75) is 12.5 Å². The van der Waals surface area contributed by atoms with Crippen LogP contribution >= 0.6 is 0 Å². The fourth-order valence-corrected chi connectivity index (χ4v) is 2.83. The molecule has 0 saturated carbocycles. The Morgan fingerprint density at radius 2 is 2.07 bits per heavy atom. The summed E-state index contributed by atoms with van der Waals surface area (Å²) in [6.45, 7) is -0.181. The molecule has 0 bridgehead atoms. The molecule has 0 aliphatic carbocycles. The van der Waals surface area contributed by atoms with Crippen LogP contribution in [0, 0.1) is 21.4 Å². The average molecular weight is 395 g/mol. The van der Waals surface area contributed by atoms with Gasteiger partial charge in [0.05, 0.1) is 12.5 Å².